The average molecular weight is 411 g/mol. The van der Waals surface area contributed by atoms with Crippen molar-refractivity contribution in [3.63, 3.8) is 0 Å². The second-order valence-corrected chi connectivity index (χ2v) is 5.45. The van der Waals surface area contributed by atoms with E-state index >= 15 is 0 Å². The smallest absolute Gasteiger partial charge is 0.476 e. The number of nitrogens with zero attached hydrogens (tertiary/aromatic N) is 2. The van der Waals surface area contributed by atoms with Crippen molar-refractivity contribution in [3.8, 4) is 5.88 Å². The lowest BCUT2D eigenvalue weighted by atomic mass is 10.2. The number of aliphatic carboxylic acids is 1. The highest BCUT2D eigenvalue weighted by molar-refractivity contribution is 6.05. The van der Waals surface area contributed by atoms with Crippen LogP contribution in [-0.2, 0) is 4.79 Å². The SMILES string of the molecule is NCCOc1cc(C(=O)Nc2ccc3[nH]ncc3c2)ccn1.O=C(O)C(F)(F)F. The Balaban J connectivity index is 0.000000370. The van der Waals surface area contributed by atoms with E-state index in [-0.39, 0.29) is 5.91 Å². The van der Waals surface area contributed by atoms with Gasteiger partial charge in [-0.25, -0.2) is 9.78 Å². The third kappa shape index (κ3) is 6.46. The van der Waals surface area contributed by atoms with Crippen LogP contribution in [-0.4, -0.2) is 51.5 Å². The zero-order valence-electron chi connectivity index (χ0n) is 14.7. The van der Waals surface area contributed by atoms with Gasteiger partial charge in [0.25, 0.3) is 5.91 Å². The summed E-state index contributed by atoms with van der Waals surface area (Å²) in [6.45, 7) is 0.748. The van der Waals surface area contributed by atoms with E-state index in [0.29, 0.717) is 30.3 Å². The number of alkyl halides is 3. The molecule has 0 saturated heterocycles. The fourth-order valence-corrected chi connectivity index (χ4v) is 2.02. The molecule has 9 nitrogen and oxygen atoms in total. The van der Waals surface area contributed by atoms with Crippen LogP contribution < -0.4 is 15.8 Å². The summed E-state index contributed by atoms with van der Waals surface area (Å²) in [5.74, 6) is -2.61. The number of carbonyl (C=O) groups is 2. The number of carboxylic acids is 1. The molecule has 29 heavy (non-hydrogen) atoms. The number of aromatic nitrogens is 3. The lowest BCUT2D eigenvalue weighted by molar-refractivity contribution is -0.192. The molecule has 3 rings (SSSR count). The Labute approximate surface area is 161 Å². The molecule has 0 unspecified atom stereocenters. The third-order valence-electron chi connectivity index (χ3n) is 3.31. The number of hydrogen-bond acceptors (Lipinski definition) is 6. The second-order valence-electron chi connectivity index (χ2n) is 5.45. The summed E-state index contributed by atoms with van der Waals surface area (Å²) >= 11 is 0. The highest BCUT2D eigenvalue weighted by atomic mass is 19.4. The molecule has 0 aliphatic rings. The number of nitrogens with two attached hydrogens (primary N) is 1. The van der Waals surface area contributed by atoms with Gasteiger partial charge in [0.15, 0.2) is 0 Å². The number of rotatable bonds is 5. The Bertz CT molecular complexity index is 990. The van der Waals surface area contributed by atoms with Crippen molar-refractivity contribution in [3.05, 3.63) is 48.3 Å². The molecular weight excluding hydrogens is 395 g/mol. The van der Waals surface area contributed by atoms with E-state index in [1.807, 2.05) is 18.2 Å². The largest absolute Gasteiger partial charge is 0.490 e. The topological polar surface area (TPSA) is 143 Å². The Kier molecular flexibility index (Phi) is 7.09. The molecular formula is C17H16F3N5O4. The van der Waals surface area contributed by atoms with Gasteiger partial charge in [-0.15, -0.1) is 0 Å². The van der Waals surface area contributed by atoms with E-state index < -0.39 is 12.1 Å². The summed E-state index contributed by atoms with van der Waals surface area (Å²) in [5, 5.41) is 17.7. The first-order chi connectivity index (χ1) is 13.7. The summed E-state index contributed by atoms with van der Waals surface area (Å²) in [6, 6.07) is 8.73. The van der Waals surface area contributed by atoms with Crippen LogP contribution in [0.15, 0.2) is 42.7 Å². The van der Waals surface area contributed by atoms with Gasteiger partial charge in [-0.2, -0.15) is 18.3 Å². The molecule has 2 heterocycles. The quantitative estimate of drug-likeness (QED) is 0.504. The molecule has 0 atom stereocenters. The number of anilines is 1. The van der Waals surface area contributed by atoms with E-state index in [0.717, 1.165) is 10.9 Å². The highest BCUT2D eigenvalue weighted by Crippen LogP contribution is 2.18. The summed E-state index contributed by atoms with van der Waals surface area (Å²) < 4.78 is 37.1. The maximum atomic E-state index is 12.3. The van der Waals surface area contributed by atoms with E-state index in [2.05, 4.69) is 20.5 Å². The Morgan fingerprint density at radius 1 is 1.24 bits per heavy atom. The lowest BCUT2D eigenvalue weighted by Gasteiger charge is -2.07. The minimum atomic E-state index is -5.08. The first-order valence-electron chi connectivity index (χ1n) is 8.04. The van der Waals surface area contributed by atoms with Crippen LogP contribution in [0.3, 0.4) is 0 Å². The second kappa shape index (κ2) is 9.50. The molecule has 0 fully saturated rings. The maximum Gasteiger partial charge on any atom is 0.490 e. The summed E-state index contributed by atoms with van der Waals surface area (Å²) in [7, 11) is 0. The summed E-state index contributed by atoms with van der Waals surface area (Å²) in [4.78, 5) is 25.2. The van der Waals surface area contributed by atoms with Gasteiger partial charge in [-0.3, -0.25) is 9.89 Å². The van der Waals surface area contributed by atoms with Crippen molar-refractivity contribution in [2.75, 3.05) is 18.5 Å². The molecule has 1 amide bonds. The molecule has 0 spiro atoms. The van der Waals surface area contributed by atoms with Crippen molar-refractivity contribution >= 4 is 28.5 Å². The number of amides is 1. The Morgan fingerprint density at radius 3 is 2.62 bits per heavy atom. The summed E-state index contributed by atoms with van der Waals surface area (Å²) in [6.07, 6.45) is -1.85. The van der Waals surface area contributed by atoms with Crippen molar-refractivity contribution in [2.24, 2.45) is 5.73 Å². The number of aromatic amines is 1. The number of hydrogen-bond donors (Lipinski definition) is 4. The number of ether oxygens (including phenoxy) is 1. The average Bonchev–Trinajstić information content (AvgIpc) is 3.14. The molecule has 0 aliphatic heterocycles. The predicted octanol–water partition coefficient (Wildman–Crippen LogP) is 2.18. The van der Waals surface area contributed by atoms with E-state index in [9.17, 15) is 18.0 Å². The standard InChI is InChI=1S/C15H15N5O2.C2HF3O2/c16-4-6-22-14-8-10(3-5-17-14)15(21)19-12-1-2-13-11(7-12)9-18-20-13;3-2(4,5)1(6)7/h1-3,5,7-9H,4,6,16H2,(H,18,20)(H,19,21);(H,6,7). The first kappa shape index (κ1) is 21.6. The molecule has 0 bridgehead atoms. The number of fused-ring (bicyclic) bond motifs is 1. The van der Waals surface area contributed by atoms with Gasteiger partial charge in [0, 0.05) is 35.4 Å². The maximum absolute atomic E-state index is 12.3. The number of nitrogens with one attached hydrogen (secondary N) is 2. The molecule has 5 N–H and O–H groups in total. The van der Waals surface area contributed by atoms with Crippen LogP contribution in [0.5, 0.6) is 5.88 Å². The zero-order valence-corrected chi connectivity index (χ0v) is 14.7. The van der Waals surface area contributed by atoms with Crippen LogP contribution in [0.1, 0.15) is 10.4 Å². The number of pyridine rings is 1. The normalized spacial score (nSPS) is 10.8. The van der Waals surface area contributed by atoms with Gasteiger partial charge in [-0.05, 0) is 24.3 Å². The minimum Gasteiger partial charge on any atom is -0.476 e. The summed E-state index contributed by atoms with van der Waals surface area (Å²) in [5.41, 5.74) is 7.45. The van der Waals surface area contributed by atoms with Gasteiger partial charge in [0.05, 0.1) is 11.7 Å². The minimum absolute atomic E-state index is 0.233. The number of benzene rings is 1. The monoisotopic (exact) mass is 411 g/mol. The van der Waals surface area contributed by atoms with Gasteiger partial charge in [0.2, 0.25) is 5.88 Å². The van der Waals surface area contributed by atoms with Gasteiger partial charge >= 0.3 is 12.1 Å². The number of carboxylic acid groups (broad SMARTS) is 1. The van der Waals surface area contributed by atoms with Crippen molar-refractivity contribution in [2.45, 2.75) is 6.18 Å². The van der Waals surface area contributed by atoms with Crippen LogP contribution in [0, 0.1) is 0 Å². The highest BCUT2D eigenvalue weighted by Gasteiger charge is 2.38. The van der Waals surface area contributed by atoms with Crippen LogP contribution >= 0.6 is 0 Å². The Hall–Kier alpha value is -3.67. The molecule has 0 aliphatic carbocycles. The van der Waals surface area contributed by atoms with E-state index in [1.165, 1.54) is 6.20 Å². The van der Waals surface area contributed by atoms with Gasteiger partial charge in [0.1, 0.15) is 6.61 Å². The van der Waals surface area contributed by atoms with Crippen molar-refractivity contribution in [1.82, 2.24) is 15.2 Å². The number of carbonyl (C=O) groups excluding carboxylic acids is 1. The first-order valence-corrected chi connectivity index (χ1v) is 8.04. The van der Waals surface area contributed by atoms with Gasteiger partial charge in [-0.1, -0.05) is 0 Å². The zero-order chi connectivity index (χ0) is 21.4. The molecule has 12 heteroatoms. The van der Waals surface area contributed by atoms with E-state index in [1.54, 1.807) is 18.3 Å². The molecule has 0 radical (unpaired) electrons. The van der Waals surface area contributed by atoms with Crippen LogP contribution in [0.2, 0.25) is 0 Å². The molecule has 2 aromatic heterocycles. The predicted molar refractivity (Wildman–Crippen MR) is 96.5 cm³/mol. The van der Waals surface area contributed by atoms with Crippen molar-refractivity contribution in [1.29, 1.82) is 0 Å². The van der Waals surface area contributed by atoms with Crippen LogP contribution in [0.4, 0.5) is 18.9 Å². The van der Waals surface area contributed by atoms with Gasteiger partial charge < -0.3 is 20.9 Å². The number of halogens is 3. The fraction of sp³-hybridized carbons (Fsp3) is 0.176. The number of H-pyrrole nitrogens is 1. The molecule has 154 valence electrons. The molecule has 1 aromatic carbocycles. The van der Waals surface area contributed by atoms with E-state index in [4.69, 9.17) is 20.4 Å². The molecule has 3 aromatic rings. The third-order valence-corrected chi connectivity index (χ3v) is 3.31. The Morgan fingerprint density at radius 2 is 1.97 bits per heavy atom. The van der Waals surface area contributed by atoms with Crippen LogP contribution in [0.25, 0.3) is 10.9 Å². The lowest BCUT2D eigenvalue weighted by Crippen LogP contribution is -2.21. The molecule has 0 saturated carbocycles. The fourth-order valence-electron chi connectivity index (χ4n) is 2.02. The van der Waals surface area contributed by atoms with Crippen molar-refractivity contribution < 1.29 is 32.6 Å².